The lowest BCUT2D eigenvalue weighted by Gasteiger charge is -2.13. The van der Waals surface area contributed by atoms with Gasteiger partial charge in [-0.2, -0.15) is 4.80 Å². The van der Waals surface area contributed by atoms with Crippen LogP contribution >= 0.6 is 0 Å². The van der Waals surface area contributed by atoms with E-state index in [0.717, 1.165) is 6.42 Å². The summed E-state index contributed by atoms with van der Waals surface area (Å²) in [5.41, 5.74) is 0. The van der Waals surface area contributed by atoms with Gasteiger partial charge in [0.15, 0.2) is 6.33 Å². The fraction of sp³-hybridized carbons (Fsp3) is 0.571. The molecule has 11 heavy (non-hydrogen) atoms. The Kier molecular flexibility index (Phi) is 1.67. The maximum atomic E-state index is 3.98. The minimum Gasteiger partial charge on any atom is -0.157 e. The molecule has 0 aromatic carbocycles. The summed E-state index contributed by atoms with van der Waals surface area (Å²) in [7, 11) is 0. The number of allylic oxidation sites excluding steroid dienone is 2. The van der Waals surface area contributed by atoms with Crippen LogP contribution in [-0.2, 0) is 0 Å². The van der Waals surface area contributed by atoms with Crippen LogP contribution in [0.15, 0.2) is 18.5 Å². The third-order valence-corrected chi connectivity index (χ3v) is 1.89. The van der Waals surface area contributed by atoms with Gasteiger partial charge in [-0.1, -0.05) is 12.2 Å². The smallest absolute Gasteiger partial charge is 0.157 e. The largest absolute Gasteiger partial charge is 0.162 e. The zero-order valence-corrected chi connectivity index (χ0v) is 6.22. The standard InChI is InChI=1S/C7H10N4/c1-2-4-7(5-3-1)11-9-6-8-10-11/h2,4,6-7H,1,3,5H2. The minimum atomic E-state index is 0.339. The number of aromatic nitrogens is 4. The van der Waals surface area contributed by atoms with E-state index >= 15 is 0 Å². The molecule has 0 aliphatic heterocycles. The Labute approximate surface area is 64.9 Å². The van der Waals surface area contributed by atoms with Crippen molar-refractivity contribution in [3.63, 3.8) is 0 Å². The quantitative estimate of drug-likeness (QED) is 0.560. The van der Waals surface area contributed by atoms with Crippen molar-refractivity contribution >= 4 is 0 Å². The van der Waals surface area contributed by atoms with Gasteiger partial charge >= 0.3 is 0 Å². The van der Waals surface area contributed by atoms with Crippen molar-refractivity contribution in [1.82, 2.24) is 20.2 Å². The molecule has 1 unspecified atom stereocenters. The van der Waals surface area contributed by atoms with Crippen molar-refractivity contribution in [2.45, 2.75) is 25.3 Å². The van der Waals surface area contributed by atoms with Crippen molar-refractivity contribution in [2.75, 3.05) is 0 Å². The van der Waals surface area contributed by atoms with Gasteiger partial charge in [0.1, 0.15) is 0 Å². The SMILES string of the molecule is C1=CC(n2ncnn2)CCC1. The summed E-state index contributed by atoms with van der Waals surface area (Å²) in [5.74, 6) is 0. The Hall–Kier alpha value is -1.19. The fourth-order valence-electron chi connectivity index (χ4n) is 1.31. The second-order valence-electron chi connectivity index (χ2n) is 2.68. The summed E-state index contributed by atoms with van der Waals surface area (Å²) >= 11 is 0. The van der Waals surface area contributed by atoms with Crippen molar-refractivity contribution < 1.29 is 0 Å². The zero-order chi connectivity index (χ0) is 7.52. The molecule has 4 nitrogen and oxygen atoms in total. The Morgan fingerprint density at radius 3 is 3.09 bits per heavy atom. The molecule has 1 heterocycles. The van der Waals surface area contributed by atoms with Crippen LogP contribution in [-0.4, -0.2) is 20.2 Å². The molecule has 1 aliphatic carbocycles. The van der Waals surface area contributed by atoms with E-state index in [-0.39, 0.29) is 0 Å². The van der Waals surface area contributed by atoms with Crippen LogP contribution in [0.2, 0.25) is 0 Å². The summed E-state index contributed by atoms with van der Waals surface area (Å²) in [6, 6.07) is 0.339. The molecule has 0 spiro atoms. The molecular formula is C7H10N4. The van der Waals surface area contributed by atoms with E-state index in [9.17, 15) is 0 Å². The maximum Gasteiger partial charge on any atom is 0.162 e. The highest BCUT2D eigenvalue weighted by Crippen LogP contribution is 2.19. The third kappa shape index (κ3) is 1.29. The fourth-order valence-corrected chi connectivity index (χ4v) is 1.31. The van der Waals surface area contributed by atoms with Crippen molar-refractivity contribution in [3.8, 4) is 0 Å². The zero-order valence-electron chi connectivity index (χ0n) is 6.22. The average Bonchev–Trinajstić information content (AvgIpc) is 2.58. The first kappa shape index (κ1) is 6.52. The van der Waals surface area contributed by atoms with E-state index in [0.29, 0.717) is 6.04 Å². The van der Waals surface area contributed by atoms with Gasteiger partial charge in [0.2, 0.25) is 0 Å². The number of rotatable bonds is 1. The van der Waals surface area contributed by atoms with Gasteiger partial charge in [0.25, 0.3) is 0 Å². The molecule has 0 saturated carbocycles. The summed E-state index contributed by atoms with van der Waals surface area (Å²) < 4.78 is 0. The van der Waals surface area contributed by atoms with E-state index in [2.05, 4.69) is 27.6 Å². The molecule has 0 radical (unpaired) electrons. The molecule has 0 saturated heterocycles. The monoisotopic (exact) mass is 150 g/mol. The first-order valence-corrected chi connectivity index (χ1v) is 3.86. The summed E-state index contributed by atoms with van der Waals surface area (Å²) in [6.07, 6.45) is 9.34. The minimum absolute atomic E-state index is 0.339. The predicted octanol–water partition coefficient (Wildman–Crippen LogP) is 0.954. The van der Waals surface area contributed by atoms with E-state index in [1.165, 1.54) is 19.2 Å². The molecule has 1 aliphatic rings. The van der Waals surface area contributed by atoms with Gasteiger partial charge in [-0.15, -0.1) is 10.2 Å². The molecular weight excluding hydrogens is 140 g/mol. The molecule has 58 valence electrons. The topological polar surface area (TPSA) is 43.6 Å². The molecule has 4 heteroatoms. The number of nitrogens with zero attached hydrogens (tertiary/aromatic N) is 4. The highest BCUT2D eigenvalue weighted by molar-refractivity contribution is 4.94. The highest BCUT2D eigenvalue weighted by Gasteiger charge is 2.10. The van der Waals surface area contributed by atoms with Crippen LogP contribution < -0.4 is 0 Å². The van der Waals surface area contributed by atoms with E-state index in [1.54, 1.807) is 4.80 Å². The Morgan fingerprint density at radius 2 is 2.45 bits per heavy atom. The van der Waals surface area contributed by atoms with Crippen molar-refractivity contribution in [1.29, 1.82) is 0 Å². The Balaban J connectivity index is 2.16. The molecule has 0 amide bonds. The van der Waals surface area contributed by atoms with Gasteiger partial charge in [0, 0.05) is 0 Å². The molecule has 0 fully saturated rings. The summed E-state index contributed by atoms with van der Waals surface area (Å²) in [6.45, 7) is 0. The number of tetrazole rings is 1. The van der Waals surface area contributed by atoms with Crippen LogP contribution in [0, 0.1) is 0 Å². The number of hydrogen-bond acceptors (Lipinski definition) is 3. The lowest BCUT2D eigenvalue weighted by molar-refractivity contribution is 0.417. The molecule has 1 aromatic rings. The molecule has 1 atom stereocenters. The molecule has 0 bridgehead atoms. The lowest BCUT2D eigenvalue weighted by atomic mass is 10.0. The second kappa shape index (κ2) is 2.82. The van der Waals surface area contributed by atoms with Gasteiger partial charge in [-0.25, -0.2) is 0 Å². The lowest BCUT2D eigenvalue weighted by Crippen LogP contribution is -2.12. The number of hydrogen-bond donors (Lipinski definition) is 0. The Bertz CT molecular complexity index is 239. The van der Waals surface area contributed by atoms with Crippen LogP contribution in [0.5, 0.6) is 0 Å². The van der Waals surface area contributed by atoms with E-state index in [1.807, 2.05) is 0 Å². The molecule has 1 aromatic heterocycles. The van der Waals surface area contributed by atoms with Crippen LogP contribution in [0.25, 0.3) is 0 Å². The normalized spacial score (nSPS) is 23.8. The first-order valence-electron chi connectivity index (χ1n) is 3.86. The van der Waals surface area contributed by atoms with E-state index < -0.39 is 0 Å². The summed E-state index contributed by atoms with van der Waals surface area (Å²) in [5, 5.41) is 11.5. The van der Waals surface area contributed by atoms with Gasteiger partial charge in [-0.05, 0) is 24.5 Å². The predicted molar refractivity (Wildman–Crippen MR) is 39.8 cm³/mol. The third-order valence-electron chi connectivity index (χ3n) is 1.89. The second-order valence-corrected chi connectivity index (χ2v) is 2.68. The Morgan fingerprint density at radius 1 is 1.45 bits per heavy atom. The maximum absolute atomic E-state index is 3.98. The van der Waals surface area contributed by atoms with Crippen molar-refractivity contribution in [2.24, 2.45) is 0 Å². The van der Waals surface area contributed by atoms with Crippen LogP contribution in [0.1, 0.15) is 25.3 Å². The van der Waals surface area contributed by atoms with Gasteiger partial charge in [-0.3, -0.25) is 0 Å². The van der Waals surface area contributed by atoms with Crippen LogP contribution in [0.4, 0.5) is 0 Å². The van der Waals surface area contributed by atoms with Crippen molar-refractivity contribution in [3.05, 3.63) is 18.5 Å². The summed E-state index contributed by atoms with van der Waals surface area (Å²) in [4.78, 5) is 1.66. The van der Waals surface area contributed by atoms with Gasteiger partial charge in [0.05, 0.1) is 6.04 Å². The van der Waals surface area contributed by atoms with Crippen LogP contribution in [0.3, 0.4) is 0 Å². The molecule has 0 N–H and O–H groups in total. The average molecular weight is 150 g/mol. The van der Waals surface area contributed by atoms with E-state index in [4.69, 9.17) is 0 Å². The van der Waals surface area contributed by atoms with Gasteiger partial charge < -0.3 is 0 Å². The molecule has 2 rings (SSSR count). The first-order chi connectivity index (χ1) is 5.47. The highest BCUT2D eigenvalue weighted by atomic mass is 15.6.